The van der Waals surface area contributed by atoms with Gasteiger partial charge in [0.15, 0.2) is 6.10 Å². The minimum Gasteiger partial charge on any atom is -0.449 e. The SMILES string of the molecule is CC(OC(=O)c1cc(-c2ccc(F)cc2)nc2ccccc12)C(=O)N1CCOCC1. The van der Waals surface area contributed by atoms with Gasteiger partial charge in [0.2, 0.25) is 0 Å². The van der Waals surface area contributed by atoms with Gasteiger partial charge in [-0.3, -0.25) is 4.79 Å². The third kappa shape index (κ3) is 4.16. The van der Waals surface area contributed by atoms with Crippen molar-refractivity contribution in [3.63, 3.8) is 0 Å². The van der Waals surface area contributed by atoms with Crippen LogP contribution in [-0.4, -0.2) is 54.2 Å². The van der Waals surface area contributed by atoms with Crippen LogP contribution >= 0.6 is 0 Å². The number of pyridine rings is 1. The lowest BCUT2D eigenvalue weighted by Gasteiger charge is -2.29. The molecule has 1 unspecified atom stereocenters. The number of rotatable bonds is 4. The van der Waals surface area contributed by atoms with Crippen molar-refractivity contribution in [1.82, 2.24) is 9.88 Å². The van der Waals surface area contributed by atoms with Crippen molar-refractivity contribution in [1.29, 1.82) is 0 Å². The summed E-state index contributed by atoms with van der Waals surface area (Å²) in [6.07, 6.45) is -0.920. The Morgan fingerprint density at radius 1 is 1.10 bits per heavy atom. The zero-order valence-electron chi connectivity index (χ0n) is 16.5. The average Bonchev–Trinajstić information content (AvgIpc) is 2.78. The van der Waals surface area contributed by atoms with Crippen molar-refractivity contribution >= 4 is 22.8 Å². The number of carbonyl (C=O) groups excluding carboxylic acids is 2. The average molecular weight is 408 g/mol. The van der Waals surface area contributed by atoms with Gasteiger partial charge in [-0.2, -0.15) is 0 Å². The second kappa shape index (κ2) is 8.59. The molecule has 1 aliphatic rings. The first-order chi connectivity index (χ1) is 14.5. The zero-order valence-corrected chi connectivity index (χ0v) is 16.5. The molecule has 1 atom stereocenters. The highest BCUT2D eigenvalue weighted by Gasteiger charge is 2.26. The maximum atomic E-state index is 13.3. The fourth-order valence-electron chi connectivity index (χ4n) is 3.43. The van der Waals surface area contributed by atoms with E-state index in [0.29, 0.717) is 54.0 Å². The van der Waals surface area contributed by atoms with Gasteiger partial charge in [-0.1, -0.05) is 18.2 Å². The fraction of sp³-hybridized carbons (Fsp3) is 0.261. The molecule has 0 bridgehead atoms. The van der Waals surface area contributed by atoms with Crippen LogP contribution in [0.1, 0.15) is 17.3 Å². The molecule has 7 heteroatoms. The molecule has 0 radical (unpaired) electrons. The Hall–Kier alpha value is -3.32. The van der Waals surface area contributed by atoms with Crippen LogP contribution in [0, 0.1) is 5.82 Å². The van der Waals surface area contributed by atoms with Crippen LogP contribution in [0.4, 0.5) is 4.39 Å². The lowest BCUT2D eigenvalue weighted by atomic mass is 10.0. The summed E-state index contributed by atoms with van der Waals surface area (Å²) in [5.74, 6) is -1.20. The number of hydrogen-bond donors (Lipinski definition) is 0. The molecule has 2 aromatic carbocycles. The van der Waals surface area contributed by atoms with Crippen molar-refractivity contribution in [2.24, 2.45) is 0 Å². The summed E-state index contributed by atoms with van der Waals surface area (Å²) < 4.78 is 24.1. The number of benzene rings is 2. The van der Waals surface area contributed by atoms with E-state index >= 15 is 0 Å². The summed E-state index contributed by atoms with van der Waals surface area (Å²) in [5.41, 5.74) is 2.11. The molecule has 1 amide bonds. The van der Waals surface area contributed by atoms with E-state index in [9.17, 15) is 14.0 Å². The Morgan fingerprint density at radius 2 is 1.80 bits per heavy atom. The normalized spacial score (nSPS) is 15.1. The van der Waals surface area contributed by atoms with Crippen molar-refractivity contribution in [2.45, 2.75) is 13.0 Å². The molecule has 2 heterocycles. The minimum absolute atomic E-state index is 0.247. The number of carbonyl (C=O) groups is 2. The van der Waals surface area contributed by atoms with Gasteiger partial charge in [0.05, 0.1) is 30.0 Å². The Kier molecular flexibility index (Phi) is 5.72. The first-order valence-electron chi connectivity index (χ1n) is 9.76. The number of para-hydroxylation sites is 1. The summed E-state index contributed by atoms with van der Waals surface area (Å²) in [4.78, 5) is 31.8. The molecule has 6 nitrogen and oxygen atoms in total. The summed E-state index contributed by atoms with van der Waals surface area (Å²) in [6.45, 7) is 3.48. The highest BCUT2D eigenvalue weighted by Crippen LogP contribution is 2.26. The van der Waals surface area contributed by atoms with Gasteiger partial charge in [-0.15, -0.1) is 0 Å². The third-order valence-corrected chi connectivity index (χ3v) is 5.03. The van der Waals surface area contributed by atoms with Gasteiger partial charge in [0.25, 0.3) is 5.91 Å². The van der Waals surface area contributed by atoms with E-state index in [1.165, 1.54) is 12.1 Å². The van der Waals surface area contributed by atoms with Gasteiger partial charge < -0.3 is 14.4 Å². The number of morpholine rings is 1. The van der Waals surface area contributed by atoms with E-state index in [1.54, 1.807) is 48.2 Å². The van der Waals surface area contributed by atoms with Gasteiger partial charge in [-0.25, -0.2) is 14.2 Å². The number of fused-ring (bicyclic) bond motifs is 1. The molecule has 1 saturated heterocycles. The van der Waals surface area contributed by atoms with E-state index in [2.05, 4.69) is 4.98 Å². The molecule has 0 spiro atoms. The molecular weight excluding hydrogens is 387 g/mol. The molecule has 1 aromatic heterocycles. The van der Waals surface area contributed by atoms with E-state index < -0.39 is 12.1 Å². The molecule has 3 aromatic rings. The van der Waals surface area contributed by atoms with Gasteiger partial charge in [0, 0.05) is 24.0 Å². The number of amides is 1. The van der Waals surface area contributed by atoms with E-state index in [0.717, 1.165) is 0 Å². The Labute approximate surface area is 173 Å². The molecule has 0 N–H and O–H groups in total. The van der Waals surface area contributed by atoms with Crippen LogP contribution in [0.25, 0.3) is 22.2 Å². The van der Waals surface area contributed by atoms with Crippen LogP contribution in [0.2, 0.25) is 0 Å². The fourth-order valence-corrected chi connectivity index (χ4v) is 3.43. The molecular formula is C23H21FN2O4. The molecule has 4 rings (SSSR count). The molecule has 1 fully saturated rings. The second-order valence-corrected chi connectivity index (χ2v) is 7.06. The maximum absolute atomic E-state index is 13.3. The lowest BCUT2D eigenvalue weighted by molar-refractivity contribution is -0.143. The number of esters is 1. The van der Waals surface area contributed by atoms with Crippen LogP contribution in [0.5, 0.6) is 0 Å². The van der Waals surface area contributed by atoms with Crippen LogP contribution < -0.4 is 0 Å². The number of aromatic nitrogens is 1. The molecule has 0 aliphatic carbocycles. The Bertz CT molecular complexity index is 1080. The summed E-state index contributed by atoms with van der Waals surface area (Å²) in [6, 6.07) is 14.7. The second-order valence-electron chi connectivity index (χ2n) is 7.06. The summed E-state index contributed by atoms with van der Waals surface area (Å²) in [7, 11) is 0. The van der Waals surface area contributed by atoms with Crippen molar-refractivity contribution in [2.75, 3.05) is 26.3 Å². The summed E-state index contributed by atoms with van der Waals surface area (Å²) >= 11 is 0. The first-order valence-corrected chi connectivity index (χ1v) is 9.76. The van der Waals surface area contributed by atoms with Crippen LogP contribution in [0.15, 0.2) is 54.6 Å². The number of ether oxygens (including phenoxy) is 2. The third-order valence-electron chi connectivity index (χ3n) is 5.03. The van der Waals surface area contributed by atoms with Crippen molar-refractivity contribution < 1.29 is 23.5 Å². The van der Waals surface area contributed by atoms with E-state index in [4.69, 9.17) is 9.47 Å². The smallest absolute Gasteiger partial charge is 0.339 e. The number of halogens is 1. The standard InChI is InChI=1S/C23H21FN2O4/c1-15(22(27)26-10-12-29-13-11-26)30-23(28)19-14-21(16-6-8-17(24)9-7-16)25-20-5-3-2-4-18(19)20/h2-9,14-15H,10-13H2,1H3. The zero-order chi connectivity index (χ0) is 21.1. The molecule has 0 saturated carbocycles. The van der Waals surface area contributed by atoms with Crippen LogP contribution in [-0.2, 0) is 14.3 Å². The molecule has 154 valence electrons. The number of nitrogens with zero attached hydrogens (tertiary/aromatic N) is 2. The Balaban J connectivity index is 1.64. The topological polar surface area (TPSA) is 68.7 Å². The predicted octanol–water partition coefficient (Wildman–Crippen LogP) is 3.45. The summed E-state index contributed by atoms with van der Waals surface area (Å²) in [5, 5.41) is 0.624. The largest absolute Gasteiger partial charge is 0.449 e. The van der Waals surface area contributed by atoms with Gasteiger partial charge in [-0.05, 0) is 43.3 Å². The monoisotopic (exact) mass is 408 g/mol. The van der Waals surface area contributed by atoms with Crippen molar-refractivity contribution in [3.8, 4) is 11.3 Å². The molecule has 1 aliphatic heterocycles. The first kappa shape index (κ1) is 20.0. The Morgan fingerprint density at radius 3 is 2.53 bits per heavy atom. The van der Waals surface area contributed by atoms with E-state index in [1.807, 2.05) is 6.07 Å². The number of hydrogen-bond acceptors (Lipinski definition) is 5. The van der Waals surface area contributed by atoms with Crippen LogP contribution in [0.3, 0.4) is 0 Å². The molecule has 30 heavy (non-hydrogen) atoms. The van der Waals surface area contributed by atoms with Gasteiger partial charge in [0.1, 0.15) is 5.82 Å². The highest BCUT2D eigenvalue weighted by molar-refractivity contribution is 6.05. The van der Waals surface area contributed by atoms with Gasteiger partial charge >= 0.3 is 5.97 Å². The van der Waals surface area contributed by atoms with Crippen molar-refractivity contribution in [3.05, 3.63) is 66.0 Å². The minimum atomic E-state index is -0.920. The van der Waals surface area contributed by atoms with E-state index in [-0.39, 0.29) is 11.7 Å². The highest BCUT2D eigenvalue weighted by atomic mass is 19.1. The lowest BCUT2D eigenvalue weighted by Crippen LogP contribution is -2.46. The predicted molar refractivity (Wildman–Crippen MR) is 109 cm³/mol. The maximum Gasteiger partial charge on any atom is 0.339 e. The quantitative estimate of drug-likeness (QED) is 0.619.